The van der Waals surface area contributed by atoms with Crippen molar-refractivity contribution in [2.45, 2.75) is 26.7 Å². The monoisotopic (exact) mass is 266 g/mol. The van der Waals surface area contributed by atoms with E-state index in [4.69, 9.17) is 14.6 Å². The van der Waals surface area contributed by atoms with Crippen LogP contribution in [0.2, 0.25) is 0 Å². The van der Waals surface area contributed by atoms with Crippen molar-refractivity contribution >= 4 is 11.9 Å². The maximum Gasteiger partial charge on any atom is 0.338 e. The van der Waals surface area contributed by atoms with Crippen LogP contribution in [0, 0.1) is 0 Å². The topological polar surface area (TPSA) is 72.8 Å². The number of hydrogen-bond acceptors (Lipinski definition) is 4. The predicted molar refractivity (Wildman–Crippen MR) is 69.5 cm³/mol. The molecule has 0 unspecified atom stereocenters. The van der Waals surface area contributed by atoms with E-state index < -0.39 is 11.9 Å². The maximum absolute atomic E-state index is 11.8. The van der Waals surface area contributed by atoms with Crippen LogP contribution in [0.1, 0.15) is 36.2 Å². The Morgan fingerprint density at radius 2 is 1.95 bits per heavy atom. The molecule has 0 heterocycles. The molecule has 0 aliphatic carbocycles. The van der Waals surface area contributed by atoms with Gasteiger partial charge in [0.2, 0.25) is 0 Å². The summed E-state index contributed by atoms with van der Waals surface area (Å²) in [5, 5.41) is 8.77. The first kappa shape index (κ1) is 15.0. The van der Waals surface area contributed by atoms with Gasteiger partial charge in [0, 0.05) is 12.0 Å². The van der Waals surface area contributed by atoms with Gasteiger partial charge in [-0.15, -0.1) is 0 Å². The fraction of sp³-hybridized carbons (Fsp3) is 0.429. The molecule has 1 N–H and O–H groups in total. The van der Waals surface area contributed by atoms with Crippen molar-refractivity contribution in [2.75, 3.05) is 13.2 Å². The van der Waals surface area contributed by atoms with Crippen molar-refractivity contribution in [1.82, 2.24) is 0 Å². The van der Waals surface area contributed by atoms with Gasteiger partial charge in [-0.2, -0.15) is 0 Å². The van der Waals surface area contributed by atoms with Crippen molar-refractivity contribution in [1.29, 1.82) is 0 Å². The molecular formula is C14H18O5. The summed E-state index contributed by atoms with van der Waals surface area (Å²) in [6, 6.07) is 5.04. The van der Waals surface area contributed by atoms with Crippen LogP contribution < -0.4 is 4.74 Å². The van der Waals surface area contributed by atoms with Gasteiger partial charge in [-0.1, -0.05) is 6.07 Å². The van der Waals surface area contributed by atoms with Crippen molar-refractivity contribution in [3.63, 3.8) is 0 Å². The molecule has 0 radical (unpaired) electrons. The first-order chi connectivity index (χ1) is 9.10. The minimum absolute atomic E-state index is 0.0590. The smallest absolute Gasteiger partial charge is 0.338 e. The van der Waals surface area contributed by atoms with Crippen molar-refractivity contribution in [3.8, 4) is 5.75 Å². The van der Waals surface area contributed by atoms with Gasteiger partial charge in [0.25, 0.3) is 0 Å². The van der Waals surface area contributed by atoms with E-state index in [1.807, 2.05) is 6.92 Å². The van der Waals surface area contributed by atoms with Gasteiger partial charge in [-0.05, 0) is 32.4 Å². The molecule has 5 heteroatoms. The molecule has 0 fully saturated rings. The van der Waals surface area contributed by atoms with E-state index in [1.165, 1.54) is 0 Å². The quantitative estimate of drug-likeness (QED) is 0.766. The van der Waals surface area contributed by atoms with E-state index >= 15 is 0 Å². The lowest BCUT2D eigenvalue weighted by molar-refractivity contribution is -0.136. The Bertz CT molecular complexity index is 453. The second-order valence-corrected chi connectivity index (χ2v) is 3.83. The molecule has 0 saturated carbocycles. The number of aliphatic carboxylic acids is 1. The summed E-state index contributed by atoms with van der Waals surface area (Å²) in [4.78, 5) is 22.5. The SMILES string of the molecule is CCOC(=O)c1cccc(OCC)c1CCC(=O)O. The molecule has 1 aromatic rings. The van der Waals surface area contributed by atoms with Gasteiger partial charge in [-0.3, -0.25) is 4.79 Å². The fourth-order valence-corrected chi connectivity index (χ4v) is 1.75. The number of esters is 1. The Morgan fingerprint density at radius 1 is 1.21 bits per heavy atom. The lowest BCUT2D eigenvalue weighted by Crippen LogP contribution is -2.11. The van der Waals surface area contributed by atoms with Crippen LogP contribution in [-0.2, 0) is 16.0 Å². The zero-order valence-corrected chi connectivity index (χ0v) is 11.1. The molecule has 1 aromatic carbocycles. The number of ether oxygens (including phenoxy) is 2. The number of carboxylic acids is 1. The molecule has 5 nitrogen and oxygen atoms in total. The lowest BCUT2D eigenvalue weighted by Gasteiger charge is -2.13. The molecule has 0 spiro atoms. The third-order valence-electron chi connectivity index (χ3n) is 2.52. The number of benzene rings is 1. The van der Waals surface area contributed by atoms with Gasteiger partial charge in [0.05, 0.1) is 18.8 Å². The van der Waals surface area contributed by atoms with E-state index in [-0.39, 0.29) is 19.4 Å². The normalized spacial score (nSPS) is 10.0. The van der Waals surface area contributed by atoms with Crippen LogP contribution in [-0.4, -0.2) is 30.3 Å². The Kier molecular flexibility index (Phi) is 5.85. The molecule has 0 bridgehead atoms. The van der Waals surface area contributed by atoms with Gasteiger partial charge in [0.1, 0.15) is 5.75 Å². The number of carbonyl (C=O) groups is 2. The zero-order chi connectivity index (χ0) is 14.3. The third-order valence-corrected chi connectivity index (χ3v) is 2.52. The number of carbonyl (C=O) groups excluding carboxylic acids is 1. The molecule has 0 amide bonds. The van der Waals surface area contributed by atoms with Crippen molar-refractivity contribution in [3.05, 3.63) is 29.3 Å². The summed E-state index contributed by atoms with van der Waals surface area (Å²) >= 11 is 0. The second kappa shape index (κ2) is 7.41. The van der Waals surface area contributed by atoms with Gasteiger partial charge < -0.3 is 14.6 Å². The predicted octanol–water partition coefficient (Wildman–Crippen LogP) is 2.28. The Hall–Kier alpha value is -2.04. The second-order valence-electron chi connectivity index (χ2n) is 3.83. The molecule has 104 valence electrons. The van der Waals surface area contributed by atoms with Crippen molar-refractivity contribution < 1.29 is 24.2 Å². The Balaban J connectivity index is 3.09. The van der Waals surface area contributed by atoms with Crippen molar-refractivity contribution in [2.24, 2.45) is 0 Å². The average Bonchev–Trinajstić information content (AvgIpc) is 2.37. The standard InChI is InChI=1S/C14H18O5/c1-3-18-12-7-5-6-11(14(17)19-4-2)10(12)8-9-13(15)16/h5-7H,3-4,8-9H2,1-2H3,(H,15,16). The van der Waals surface area contributed by atoms with E-state index in [2.05, 4.69) is 0 Å². The fourth-order valence-electron chi connectivity index (χ4n) is 1.75. The number of rotatable bonds is 7. The van der Waals surface area contributed by atoms with Gasteiger partial charge in [0.15, 0.2) is 0 Å². The van der Waals surface area contributed by atoms with Gasteiger partial charge in [-0.25, -0.2) is 4.79 Å². The number of carboxylic acid groups (broad SMARTS) is 1. The van der Waals surface area contributed by atoms with Crippen LogP contribution in [0.3, 0.4) is 0 Å². The molecule has 1 rings (SSSR count). The average molecular weight is 266 g/mol. The highest BCUT2D eigenvalue weighted by molar-refractivity contribution is 5.92. The summed E-state index contributed by atoms with van der Waals surface area (Å²) in [7, 11) is 0. The van der Waals surface area contributed by atoms with Crippen LogP contribution in [0.15, 0.2) is 18.2 Å². The van der Waals surface area contributed by atoms with Crippen LogP contribution in [0.5, 0.6) is 5.75 Å². The van der Waals surface area contributed by atoms with Crippen LogP contribution in [0.25, 0.3) is 0 Å². The Labute approximate surface area is 112 Å². The molecule has 19 heavy (non-hydrogen) atoms. The highest BCUT2D eigenvalue weighted by Crippen LogP contribution is 2.25. The minimum Gasteiger partial charge on any atom is -0.494 e. The third kappa shape index (κ3) is 4.28. The molecule has 0 aliphatic rings. The van der Waals surface area contributed by atoms with E-state index in [0.717, 1.165) is 0 Å². The Morgan fingerprint density at radius 3 is 2.53 bits per heavy atom. The van der Waals surface area contributed by atoms with Crippen LogP contribution in [0.4, 0.5) is 0 Å². The summed E-state index contributed by atoms with van der Waals surface area (Å²) in [6.07, 6.45) is 0.177. The highest BCUT2D eigenvalue weighted by atomic mass is 16.5. The number of hydrogen-bond donors (Lipinski definition) is 1. The lowest BCUT2D eigenvalue weighted by atomic mass is 10.0. The first-order valence-corrected chi connectivity index (χ1v) is 6.23. The van der Waals surface area contributed by atoms with Crippen LogP contribution >= 0.6 is 0 Å². The van der Waals surface area contributed by atoms with E-state index in [1.54, 1.807) is 25.1 Å². The molecule has 0 aromatic heterocycles. The van der Waals surface area contributed by atoms with E-state index in [9.17, 15) is 9.59 Å². The highest BCUT2D eigenvalue weighted by Gasteiger charge is 2.17. The summed E-state index contributed by atoms with van der Waals surface area (Å²) in [5.74, 6) is -0.833. The van der Waals surface area contributed by atoms with Gasteiger partial charge >= 0.3 is 11.9 Å². The largest absolute Gasteiger partial charge is 0.494 e. The maximum atomic E-state index is 11.8. The summed E-state index contributed by atoms with van der Waals surface area (Å²) in [6.45, 7) is 4.28. The molecule has 0 saturated heterocycles. The molecular weight excluding hydrogens is 248 g/mol. The molecule has 0 aliphatic heterocycles. The minimum atomic E-state index is -0.916. The first-order valence-electron chi connectivity index (χ1n) is 6.23. The summed E-state index contributed by atoms with van der Waals surface area (Å²) in [5.41, 5.74) is 0.958. The van der Waals surface area contributed by atoms with E-state index in [0.29, 0.717) is 23.5 Å². The molecule has 0 atom stereocenters. The summed E-state index contributed by atoms with van der Waals surface area (Å²) < 4.78 is 10.4. The zero-order valence-electron chi connectivity index (χ0n) is 11.1.